The summed E-state index contributed by atoms with van der Waals surface area (Å²) in [6.07, 6.45) is 5.23. The number of likely N-dealkylation sites (tertiary alicyclic amines) is 1. The molecule has 2 N–H and O–H groups in total. The molecule has 1 saturated carbocycles. The van der Waals surface area contributed by atoms with E-state index in [1.807, 2.05) is 6.26 Å². The maximum atomic E-state index is 12.5. The summed E-state index contributed by atoms with van der Waals surface area (Å²) in [5.41, 5.74) is 4.45. The monoisotopic (exact) mass is 492 g/mol. The Morgan fingerprint density at radius 3 is 2.43 bits per heavy atom. The molecule has 0 bridgehead atoms. The first-order chi connectivity index (χ1) is 16.7. The van der Waals surface area contributed by atoms with Crippen molar-refractivity contribution in [3.63, 3.8) is 0 Å². The molecule has 1 unspecified atom stereocenters. The molecule has 2 fully saturated rings. The fourth-order valence-electron chi connectivity index (χ4n) is 5.34. The van der Waals surface area contributed by atoms with Crippen molar-refractivity contribution in [1.29, 1.82) is 0 Å². The highest BCUT2D eigenvalue weighted by molar-refractivity contribution is 5.77. The number of nitrogens with zero attached hydrogens (tertiary/aromatic N) is 1. The van der Waals surface area contributed by atoms with Crippen LogP contribution in [0.3, 0.4) is 0 Å². The molecule has 6 nitrogen and oxygen atoms in total. The van der Waals surface area contributed by atoms with Crippen LogP contribution in [0.1, 0.15) is 61.1 Å². The van der Waals surface area contributed by atoms with Gasteiger partial charge in [0.05, 0.1) is 12.5 Å². The predicted molar refractivity (Wildman–Crippen MR) is 123 cm³/mol. The summed E-state index contributed by atoms with van der Waals surface area (Å²) in [5, 5.41) is 10.3. The molecule has 1 amide bonds. The summed E-state index contributed by atoms with van der Waals surface area (Å²) >= 11 is 0. The van der Waals surface area contributed by atoms with Gasteiger partial charge >= 0.3 is 12.1 Å². The SMILES string of the molecule is O=C(CC1CC2(CCN(Cc3ccoc3)CC2)c2ccccc21)NCC1CC1.O=C(O)C(F)(F)F. The van der Waals surface area contributed by atoms with E-state index in [1.165, 1.54) is 42.4 Å². The van der Waals surface area contributed by atoms with Crippen LogP contribution in [-0.4, -0.2) is 47.7 Å². The fraction of sp³-hybridized carbons (Fsp3) is 0.538. The zero-order valence-electron chi connectivity index (χ0n) is 19.5. The fourth-order valence-corrected chi connectivity index (χ4v) is 5.34. The minimum atomic E-state index is -5.08. The van der Waals surface area contributed by atoms with E-state index in [9.17, 15) is 18.0 Å². The Bertz CT molecular complexity index is 1010. The maximum Gasteiger partial charge on any atom is 0.490 e. The van der Waals surface area contributed by atoms with Crippen LogP contribution < -0.4 is 5.32 Å². The van der Waals surface area contributed by atoms with Crippen LogP contribution in [0.4, 0.5) is 13.2 Å². The molecule has 0 radical (unpaired) electrons. The summed E-state index contributed by atoms with van der Waals surface area (Å²) in [7, 11) is 0. The van der Waals surface area contributed by atoms with Crippen molar-refractivity contribution in [2.75, 3.05) is 19.6 Å². The molecule has 1 spiro atoms. The molecule has 2 heterocycles. The third kappa shape index (κ3) is 6.45. The molecule has 1 saturated heterocycles. The zero-order chi connectivity index (χ0) is 25.1. The number of halogens is 3. The standard InChI is InChI=1S/C24H30N2O2.C2HF3O2/c27-23(25-15-18-5-6-18)13-20-14-24(22-4-2-1-3-21(20)22)8-10-26(11-9-24)16-19-7-12-28-17-19;3-2(4,5)1(6)7/h1-4,7,12,17-18,20H,5-6,8-11,13-16H2,(H,25,27);(H,6,7). The minimum Gasteiger partial charge on any atom is -0.475 e. The molecule has 2 aromatic rings. The Labute approximate surface area is 202 Å². The average molecular weight is 493 g/mol. The number of nitrogens with one attached hydrogen (secondary N) is 1. The van der Waals surface area contributed by atoms with Gasteiger partial charge in [0.1, 0.15) is 0 Å². The molecule has 1 aliphatic heterocycles. The molecule has 5 rings (SSSR count). The number of piperidine rings is 1. The topological polar surface area (TPSA) is 82.8 Å². The lowest BCUT2D eigenvalue weighted by Gasteiger charge is -2.40. The van der Waals surface area contributed by atoms with Crippen molar-refractivity contribution in [2.24, 2.45) is 5.92 Å². The first-order valence-corrected chi connectivity index (χ1v) is 12.1. The number of hydrogen-bond donors (Lipinski definition) is 2. The maximum absolute atomic E-state index is 12.5. The van der Waals surface area contributed by atoms with E-state index in [0.717, 1.165) is 38.5 Å². The second-order valence-electron chi connectivity index (χ2n) is 9.93. The van der Waals surface area contributed by atoms with Gasteiger partial charge in [-0.3, -0.25) is 9.69 Å². The summed E-state index contributed by atoms with van der Waals surface area (Å²) in [6, 6.07) is 11.0. The van der Waals surface area contributed by atoms with Crippen LogP contribution in [0.2, 0.25) is 0 Å². The number of carbonyl (C=O) groups is 2. The highest BCUT2D eigenvalue weighted by Gasteiger charge is 2.45. The Morgan fingerprint density at radius 1 is 1.14 bits per heavy atom. The number of carboxylic acids is 1. The Hall–Kier alpha value is -2.81. The number of benzene rings is 1. The Balaban J connectivity index is 0.000000364. The van der Waals surface area contributed by atoms with Gasteiger partial charge in [-0.1, -0.05) is 24.3 Å². The van der Waals surface area contributed by atoms with Gasteiger partial charge in [-0.25, -0.2) is 4.79 Å². The van der Waals surface area contributed by atoms with E-state index in [-0.39, 0.29) is 11.3 Å². The molecule has 1 aromatic heterocycles. The number of amides is 1. The number of carboxylic acid groups (broad SMARTS) is 1. The average Bonchev–Trinajstić information content (AvgIpc) is 3.43. The van der Waals surface area contributed by atoms with Crippen LogP contribution in [0, 0.1) is 5.92 Å². The van der Waals surface area contributed by atoms with E-state index in [2.05, 4.69) is 40.5 Å². The predicted octanol–water partition coefficient (Wildman–Crippen LogP) is 4.85. The van der Waals surface area contributed by atoms with Crippen LogP contribution in [0.25, 0.3) is 0 Å². The van der Waals surface area contributed by atoms with Gasteiger partial charge in [0.2, 0.25) is 5.91 Å². The van der Waals surface area contributed by atoms with Gasteiger partial charge in [-0.15, -0.1) is 0 Å². The molecule has 2 aliphatic carbocycles. The molecule has 9 heteroatoms. The van der Waals surface area contributed by atoms with Crippen molar-refractivity contribution in [2.45, 2.75) is 62.6 Å². The lowest BCUT2D eigenvalue weighted by molar-refractivity contribution is -0.192. The molecule has 1 atom stereocenters. The van der Waals surface area contributed by atoms with E-state index in [1.54, 1.807) is 6.26 Å². The van der Waals surface area contributed by atoms with Gasteiger partial charge in [-0.2, -0.15) is 13.2 Å². The lowest BCUT2D eigenvalue weighted by Crippen LogP contribution is -2.41. The van der Waals surface area contributed by atoms with Gasteiger partial charge in [-0.05, 0) is 79.6 Å². The number of alkyl halides is 3. The largest absolute Gasteiger partial charge is 0.490 e. The lowest BCUT2D eigenvalue weighted by atomic mass is 9.73. The number of rotatable bonds is 6. The highest BCUT2D eigenvalue weighted by atomic mass is 19.4. The van der Waals surface area contributed by atoms with E-state index >= 15 is 0 Å². The first-order valence-electron chi connectivity index (χ1n) is 12.1. The summed E-state index contributed by atoms with van der Waals surface area (Å²) < 4.78 is 37.0. The van der Waals surface area contributed by atoms with Gasteiger partial charge in [0.15, 0.2) is 0 Å². The summed E-state index contributed by atoms with van der Waals surface area (Å²) in [5.74, 6) is -1.41. The van der Waals surface area contributed by atoms with Crippen LogP contribution in [0.15, 0.2) is 47.3 Å². The van der Waals surface area contributed by atoms with Crippen LogP contribution >= 0.6 is 0 Å². The molecule has 190 valence electrons. The number of furan rings is 1. The number of fused-ring (bicyclic) bond motifs is 2. The van der Waals surface area contributed by atoms with Gasteiger partial charge < -0.3 is 14.8 Å². The van der Waals surface area contributed by atoms with Crippen molar-refractivity contribution in [3.05, 3.63) is 59.5 Å². The zero-order valence-corrected chi connectivity index (χ0v) is 19.5. The van der Waals surface area contributed by atoms with Crippen LogP contribution in [0.5, 0.6) is 0 Å². The summed E-state index contributed by atoms with van der Waals surface area (Å²) in [4.78, 5) is 23.9. The van der Waals surface area contributed by atoms with Gasteiger partial charge in [0.25, 0.3) is 0 Å². The molecule has 3 aliphatic rings. The van der Waals surface area contributed by atoms with E-state index < -0.39 is 12.1 Å². The van der Waals surface area contributed by atoms with Crippen molar-refractivity contribution in [1.82, 2.24) is 10.2 Å². The summed E-state index contributed by atoms with van der Waals surface area (Å²) in [6.45, 7) is 4.07. The smallest absolute Gasteiger partial charge is 0.475 e. The number of hydrogen-bond acceptors (Lipinski definition) is 4. The third-order valence-corrected chi connectivity index (χ3v) is 7.37. The van der Waals surface area contributed by atoms with Crippen molar-refractivity contribution >= 4 is 11.9 Å². The Kier molecular flexibility index (Phi) is 7.54. The van der Waals surface area contributed by atoms with E-state index in [0.29, 0.717) is 12.3 Å². The highest BCUT2D eigenvalue weighted by Crippen LogP contribution is 2.52. The first kappa shape index (κ1) is 25.3. The molecule has 1 aromatic carbocycles. The van der Waals surface area contributed by atoms with Gasteiger partial charge in [0, 0.05) is 25.1 Å². The molecule has 35 heavy (non-hydrogen) atoms. The minimum absolute atomic E-state index is 0.237. The second-order valence-corrected chi connectivity index (χ2v) is 9.93. The second kappa shape index (κ2) is 10.4. The molecular weight excluding hydrogens is 461 g/mol. The normalized spacial score (nSPS) is 21.2. The van der Waals surface area contributed by atoms with E-state index in [4.69, 9.17) is 14.3 Å². The van der Waals surface area contributed by atoms with Crippen LogP contribution in [-0.2, 0) is 21.5 Å². The number of carbonyl (C=O) groups excluding carboxylic acids is 1. The van der Waals surface area contributed by atoms with Crippen molar-refractivity contribution < 1.29 is 32.3 Å². The quantitative estimate of drug-likeness (QED) is 0.603. The Morgan fingerprint density at radius 2 is 1.83 bits per heavy atom. The number of aliphatic carboxylic acids is 1. The molecular formula is C26H31F3N2O4. The van der Waals surface area contributed by atoms with Crippen molar-refractivity contribution in [3.8, 4) is 0 Å². The third-order valence-electron chi connectivity index (χ3n) is 7.37.